The molecule has 4 rings (SSSR count). The maximum Gasteiger partial charge on any atom is 0.335 e. The van der Waals surface area contributed by atoms with Crippen molar-refractivity contribution in [2.24, 2.45) is 0 Å². The van der Waals surface area contributed by atoms with E-state index in [1.165, 1.54) is 6.07 Å². The van der Waals surface area contributed by atoms with E-state index in [2.05, 4.69) is 27.1 Å². The van der Waals surface area contributed by atoms with E-state index in [-0.39, 0.29) is 5.56 Å². The van der Waals surface area contributed by atoms with Crippen molar-refractivity contribution < 1.29 is 9.90 Å². The molecule has 0 aliphatic carbocycles. The van der Waals surface area contributed by atoms with Crippen LogP contribution in [-0.2, 0) is 0 Å². The first-order chi connectivity index (χ1) is 13.6. The molecule has 0 unspecified atom stereocenters. The second-order valence-corrected chi connectivity index (χ2v) is 6.47. The zero-order valence-corrected chi connectivity index (χ0v) is 15.3. The van der Waals surface area contributed by atoms with E-state index in [0.717, 1.165) is 11.1 Å². The summed E-state index contributed by atoms with van der Waals surface area (Å²) in [5.41, 5.74) is 3.87. The molecule has 0 radical (unpaired) electrons. The molecule has 0 saturated carbocycles. The summed E-state index contributed by atoms with van der Waals surface area (Å²) in [6, 6.07) is 19.8. The molecule has 1 heterocycles. The van der Waals surface area contributed by atoms with Crippen molar-refractivity contribution in [3.05, 3.63) is 88.4 Å². The third-order valence-electron chi connectivity index (χ3n) is 4.06. The minimum absolute atomic E-state index is 0.197. The fraction of sp³-hybridized carbons (Fsp3) is 0. The van der Waals surface area contributed by atoms with Crippen LogP contribution in [-0.4, -0.2) is 21.0 Å². The van der Waals surface area contributed by atoms with Gasteiger partial charge < -0.3 is 15.4 Å². The monoisotopic (exact) mass is 387 g/mol. The summed E-state index contributed by atoms with van der Waals surface area (Å²) in [5.74, 6) is 5.67. The van der Waals surface area contributed by atoms with Crippen molar-refractivity contribution in [2.75, 3.05) is 5.32 Å². The summed E-state index contributed by atoms with van der Waals surface area (Å²) in [7, 11) is 0. The Balaban J connectivity index is 1.64. The topological polar surface area (TPSA) is 78.0 Å². The molecule has 5 nitrogen and oxygen atoms in total. The van der Waals surface area contributed by atoms with Crippen LogP contribution in [0, 0.1) is 11.8 Å². The van der Waals surface area contributed by atoms with E-state index < -0.39 is 5.97 Å². The number of carboxylic acids is 1. The number of aromatic carboxylic acids is 1. The largest absolute Gasteiger partial charge is 0.478 e. The maximum atomic E-state index is 11.1. The second kappa shape index (κ2) is 7.47. The molecule has 0 aliphatic heterocycles. The molecule has 0 spiro atoms. The predicted octanol–water partition coefficient (Wildman–Crippen LogP) is 5.06. The van der Waals surface area contributed by atoms with Crippen LogP contribution in [0.15, 0.2) is 66.7 Å². The Morgan fingerprint density at radius 2 is 1.86 bits per heavy atom. The number of carbonyl (C=O) groups is 1. The van der Waals surface area contributed by atoms with Crippen LogP contribution in [0.1, 0.15) is 21.5 Å². The molecule has 0 atom stereocenters. The lowest BCUT2D eigenvalue weighted by Gasteiger charge is -2.03. The average molecular weight is 388 g/mol. The molecular weight excluding hydrogens is 374 g/mol. The molecule has 4 aromatic rings. The molecule has 0 fully saturated rings. The van der Waals surface area contributed by atoms with Crippen LogP contribution < -0.4 is 5.32 Å². The van der Waals surface area contributed by atoms with Gasteiger partial charge in [0.1, 0.15) is 0 Å². The number of aromatic nitrogens is 2. The number of nitrogens with zero attached hydrogens (tertiary/aromatic N) is 1. The molecule has 1 aromatic heterocycles. The van der Waals surface area contributed by atoms with E-state index in [0.29, 0.717) is 27.7 Å². The highest BCUT2D eigenvalue weighted by molar-refractivity contribution is 6.32. The van der Waals surface area contributed by atoms with Gasteiger partial charge in [-0.1, -0.05) is 47.7 Å². The number of halogens is 1. The third kappa shape index (κ3) is 3.83. The standard InChI is InChI=1S/C22H14ClN3O2/c23-18-13-20-19(12-15(18)10-9-14-5-2-1-3-6-14)25-22(26-20)24-17-8-4-7-16(11-17)21(27)28/h1-8,11-13H,(H,27,28)(H2,24,25,26). The van der Waals surface area contributed by atoms with Gasteiger partial charge in [0.25, 0.3) is 0 Å². The van der Waals surface area contributed by atoms with Crippen molar-refractivity contribution >= 4 is 40.2 Å². The molecule has 0 amide bonds. The SMILES string of the molecule is O=C(O)c1cccc(Nc2nc3cc(C#Cc4ccccc4)c(Cl)cc3[nH]2)c1. The number of anilines is 2. The Bertz CT molecular complexity index is 1240. The van der Waals surface area contributed by atoms with Gasteiger partial charge in [0.05, 0.1) is 21.6 Å². The summed E-state index contributed by atoms with van der Waals surface area (Å²) in [5, 5.41) is 12.7. The van der Waals surface area contributed by atoms with Gasteiger partial charge in [-0.2, -0.15) is 0 Å². The molecule has 6 heteroatoms. The number of imidazole rings is 1. The minimum Gasteiger partial charge on any atom is -0.478 e. The van der Waals surface area contributed by atoms with Crippen molar-refractivity contribution in [3.63, 3.8) is 0 Å². The molecular formula is C22H14ClN3O2. The van der Waals surface area contributed by atoms with Gasteiger partial charge in [-0.15, -0.1) is 0 Å². The zero-order valence-electron chi connectivity index (χ0n) is 14.5. The summed E-state index contributed by atoms with van der Waals surface area (Å²) in [4.78, 5) is 18.7. The highest BCUT2D eigenvalue weighted by atomic mass is 35.5. The average Bonchev–Trinajstić information content (AvgIpc) is 3.08. The van der Waals surface area contributed by atoms with Gasteiger partial charge in [-0.05, 0) is 42.5 Å². The van der Waals surface area contributed by atoms with Gasteiger partial charge in [0, 0.05) is 16.8 Å². The Hall–Kier alpha value is -3.75. The molecule has 0 aliphatic rings. The van der Waals surface area contributed by atoms with Gasteiger partial charge >= 0.3 is 5.97 Å². The number of rotatable bonds is 3. The lowest BCUT2D eigenvalue weighted by Crippen LogP contribution is -1.98. The van der Waals surface area contributed by atoms with E-state index in [9.17, 15) is 4.79 Å². The van der Waals surface area contributed by atoms with Crippen LogP contribution >= 0.6 is 11.6 Å². The first-order valence-corrected chi connectivity index (χ1v) is 8.83. The smallest absolute Gasteiger partial charge is 0.335 e. The summed E-state index contributed by atoms with van der Waals surface area (Å²) < 4.78 is 0. The van der Waals surface area contributed by atoms with E-state index in [1.54, 1.807) is 24.3 Å². The summed E-state index contributed by atoms with van der Waals surface area (Å²) in [6.07, 6.45) is 0. The summed E-state index contributed by atoms with van der Waals surface area (Å²) >= 11 is 6.36. The lowest BCUT2D eigenvalue weighted by molar-refractivity contribution is 0.0697. The van der Waals surface area contributed by atoms with Crippen LogP contribution in [0.3, 0.4) is 0 Å². The number of carboxylic acid groups (broad SMARTS) is 1. The maximum absolute atomic E-state index is 11.1. The molecule has 136 valence electrons. The molecule has 3 N–H and O–H groups in total. The van der Waals surface area contributed by atoms with Gasteiger partial charge in [0.2, 0.25) is 5.95 Å². The number of fused-ring (bicyclic) bond motifs is 1. The van der Waals surface area contributed by atoms with E-state index in [4.69, 9.17) is 16.7 Å². The number of nitrogens with one attached hydrogen (secondary N) is 2. The van der Waals surface area contributed by atoms with Gasteiger partial charge in [-0.3, -0.25) is 0 Å². The number of H-pyrrole nitrogens is 1. The number of benzene rings is 3. The Morgan fingerprint density at radius 3 is 2.64 bits per heavy atom. The Morgan fingerprint density at radius 1 is 1.04 bits per heavy atom. The normalized spacial score (nSPS) is 10.3. The van der Waals surface area contributed by atoms with Crippen LogP contribution in [0.2, 0.25) is 5.02 Å². The molecule has 28 heavy (non-hydrogen) atoms. The summed E-state index contributed by atoms with van der Waals surface area (Å²) in [6.45, 7) is 0. The van der Waals surface area contributed by atoms with Crippen LogP contribution in [0.25, 0.3) is 11.0 Å². The molecule has 0 saturated heterocycles. The predicted molar refractivity (Wildman–Crippen MR) is 110 cm³/mol. The first-order valence-electron chi connectivity index (χ1n) is 8.45. The zero-order chi connectivity index (χ0) is 19.5. The third-order valence-corrected chi connectivity index (χ3v) is 4.37. The van der Waals surface area contributed by atoms with Crippen LogP contribution in [0.4, 0.5) is 11.6 Å². The Kier molecular flexibility index (Phi) is 4.71. The second-order valence-electron chi connectivity index (χ2n) is 6.06. The Labute approximate surface area is 166 Å². The fourth-order valence-electron chi connectivity index (χ4n) is 2.71. The number of hydrogen-bond acceptors (Lipinski definition) is 3. The van der Waals surface area contributed by atoms with Crippen LogP contribution in [0.5, 0.6) is 0 Å². The fourth-order valence-corrected chi connectivity index (χ4v) is 2.92. The number of hydrogen-bond donors (Lipinski definition) is 3. The van der Waals surface area contributed by atoms with Gasteiger partial charge in [0.15, 0.2) is 0 Å². The van der Waals surface area contributed by atoms with Crippen molar-refractivity contribution in [1.29, 1.82) is 0 Å². The highest BCUT2D eigenvalue weighted by Crippen LogP contribution is 2.25. The van der Waals surface area contributed by atoms with Crippen molar-refractivity contribution in [2.45, 2.75) is 0 Å². The molecule has 0 bridgehead atoms. The highest BCUT2D eigenvalue weighted by Gasteiger charge is 2.08. The first kappa shape index (κ1) is 17.7. The van der Waals surface area contributed by atoms with E-state index in [1.807, 2.05) is 36.4 Å². The lowest BCUT2D eigenvalue weighted by atomic mass is 10.1. The van der Waals surface area contributed by atoms with Gasteiger partial charge in [-0.25, -0.2) is 9.78 Å². The van der Waals surface area contributed by atoms with Crippen molar-refractivity contribution in [3.8, 4) is 11.8 Å². The quantitative estimate of drug-likeness (QED) is 0.429. The minimum atomic E-state index is -0.985. The number of aromatic amines is 1. The van der Waals surface area contributed by atoms with E-state index >= 15 is 0 Å². The molecule has 3 aromatic carbocycles. The van der Waals surface area contributed by atoms with Crippen molar-refractivity contribution in [1.82, 2.24) is 9.97 Å².